The van der Waals surface area contributed by atoms with Crippen LogP contribution in [-0.4, -0.2) is 0 Å². The molecule has 0 aliphatic heterocycles. The van der Waals surface area contributed by atoms with E-state index in [2.05, 4.69) is 146 Å². The summed E-state index contributed by atoms with van der Waals surface area (Å²) in [5.41, 5.74) is 7.59. The molecule has 2 heterocycles. The summed E-state index contributed by atoms with van der Waals surface area (Å²) in [6.07, 6.45) is 0. The van der Waals surface area contributed by atoms with Gasteiger partial charge >= 0.3 is 0 Å². The Bertz CT molecular complexity index is 2150. The number of fused-ring (bicyclic) bond motifs is 4. The molecular formula is C38H24S2. The number of hydrogen-bond donors (Lipinski definition) is 0. The number of hydrogen-bond acceptors (Lipinski definition) is 2. The first kappa shape index (κ1) is 23.4. The van der Waals surface area contributed by atoms with Gasteiger partial charge in [0.2, 0.25) is 0 Å². The fraction of sp³-hybridized carbons (Fsp3) is 0. The van der Waals surface area contributed by atoms with Crippen molar-refractivity contribution in [1.29, 1.82) is 0 Å². The first-order valence-corrected chi connectivity index (χ1v) is 15.2. The zero-order valence-corrected chi connectivity index (χ0v) is 23.3. The van der Waals surface area contributed by atoms with Crippen LogP contribution in [0.4, 0.5) is 0 Å². The molecule has 6 aromatic carbocycles. The Balaban J connectivity index is 1.40. The molecule has 8 aromatic rings. The standard InChI is InChI=1S/C38H24S2/c1-3-12-25(13-4-1)27-16-11-17-28(22-27)37-30-19-7-8-20-31(30)38(40-37)34-23-33-29-18-9-10-21-35(29)39-36(33)24-32(34)26-14-5-2-6-15-26/h1-24H. The number of benzene rings is 6. The minimum atomic E-state index is 1.24. The van der Waals surface area contributed by atoms with Crippen molar-refractivity contribution in [2.75, 3.05) is 0 Å². The van der Waals surface area contributed by atoms with Crippen molar-refractivity contribution < 1.29 is 0 Å². The van der Waals surface area contributed by atoms with Crippen molar-refractivity contribution in [2.24, 2.45) is 0 Å². The minimum Gasteiger partial charge on any atom is -0.135 e. The van der Waals surface area contributed by atoms with Crippen LogP contribution in [0.15, 0.2) is 146 Å². The third kappa shape index (κ3) is 3.88. The Kier molecular flexibility index (Phi) is 5.62. The van der Waals surface area contributed by atoms with E-state index >= 15 is 0 Å². The van der Waals surface area contributed by atoms with Crippen LogP contribution in [-0.2, 0) is 0 Å². The third-order valence-corrected chi connectivity index (χ3v) is 10.1. The molecule has 0 bridgehead atoms. The van der Waals surface area contributed by atoms with Gasteiger partial charge in [-0.05, 0) is 52.1 Å². The van der Waals surface area contributed by atoms with Crippen LogP contribution in [0.25, 0.3) is 74.1 Å². The summed E-state index contributed by atoms with van der Waals surface area (Å²) in [4.78, 5) is 2.64. The van der Waals surface area contributed by atoms with E-state index in [4.69, 9.17) is 0 Å². The summed E-state index contributed by atoms with van der Waals surface area (Å²) in [5, 5.41) is 5.28. The highest BCUT2D eigenvalue weighted by atomic mass is 32.1. The van der Waals surface area contributed by atoms with Gasteiger partial charge in [-0.1, -0.05) is 121 Å². The van der Waals surface area contributed by atoms with E-state index in [0.29, 0.717) is 0 Å². The largest absolute Gasteiger partial charge is 0.135 e. The van der Waals surface area contributed by atoms with Crippen molar-refractivity contribution in [1.82, 2.24) is 0 Å². The van der Waals surface area contributed by atoms with Crippen molar-refractivity contribution in [2.45, 2.75) is 0 Å². The molecule has 40 heavy (non-hydrogen) atoms. The Morgan fingerprint density at radius 1 is 0.300 bits per heavy atom. The summed E-state index contributed by atoms with van der Waals surface area (Å²) >= 11 is 3.79. The molecule has 0 aliphatic rings. The molecular weight excluding hydrogens is 521 g/mol. The van der Waals surface area contributed by atoms with Crippen molar-refractivity contribution >= 4 is 53.6 Å². The van der Waals surface area contributed by atoms with Crippen LogP contribution >= 0.6 is 22.7 Å². The summed E-state index contributed by atoms with van der Waals surface area (Å²) in [6.45, 7) is 0. The van der Waals surface area contributed by atoms with Gasteiger partial charge in [-0.15, -0.1) is 22.7 Å². The van der Waals surface area contributed by atoms with E-state index in [1.165, 1.54) is 74.1 Å². The van der Waals surface area contributed by atoms with Gasteiger partial charge < -0.3 is 0 Å². The highest BCUT2D eigenvalue weighted by Gasteiger charge is 2.19. The SMILES string of the molecule is c1ccc(-c2cccc(-c3sc(-c4cc5c(cc4-c4ccccc4)sc4ccccc45)c4ccccc34)c2)cc1. The molecule has 0 N–H and O–H groups in total. The van der Waals surface area contributed by atoms with Crippen LogP contribution in [0.5, 0.6) is 0 Å². The smallest absolute Gasteiger partial charge is 0.0434 e. The van der Waals surface area contributed by atoms with Crippen LogP contribution in [0.2, 0.25) is 0 Å². The molecule has 0 aliphatic carbocycles. The van der Waals surface area contributed by atoms with Gasteiger partial charge in [0, 0.05) is 46.3 Å². The highest BCUT2D eigenvalue weighted by molar-refractivity contribution is 7.26. The van der Waals surface area contributed by atoms with Gasteiger partial charge in [-0.25, -0.2) is 0 Å². The predicted octanol–water partition coefficient (Wildman–Crippen LogP) is 11.9. The second-order valence-corrected chi connectivity index (χ2v) is 12.2. The van der Waals surface area contributed by atoms with E-state index in [1.807, 2.05) is 22.7 Å². The fourth-order valence-electron chi connectivity index (χ4n) is 5.79. The Hall–Kier alpha value is -4.50. The Morgan fingerprint density at radius 3 is 1.68 bits per heavy atom. The number of thiophene rings is 2. The summed E-state index contributed by atoms with van der Waals surface area (Å²) in [5.74, 6) is 0. The summed E-state index contributed by atoms with van der Waals surface area (Å²) < 4.78 is 2.67. The van der Waals surface area contributed by atoms with Gasteiger partial charge in [0.05, 0.1) is 0 Å². The molecule has 188 valence electrons. The molecule has 0 atom stereocenters. The highest BCUT2D eigenvalue weighted by Crippen LogP contribution is 2.49. The lowest BCUT2D eigenvalue weighted by Gasteiger charge is -2.11. The Morgan fingerprint density at radius 2 is 0.900 bits per heavy atom. The van der Waals surface area contributed by atoms with Gasteiger partial charge in [-0.3, -0.25) is 0 Å². The minimum absolute atomic E-state index is 1.24. The fourth-order valence-corrected chi connectivity index (χ4v) is 8.22. The molecule has 2 aromatic heterocycles. The van der Waals surface area contributed by atoms with Gasteiger partial charge in [0.1, 0.15) is 0 Å². The molecule has 0 fully saturated rings. The van der Waals surface area contributed by atoms with E-state index in [0.717, 1.165) is 0 Å². The van der Waals surface area contributed by atoms with Gasteiger partial charge in [-0.2, -0.15) is 0 Å². The van der Waals surface area contributed by atoms with Crippen molar-refractivity contribution in [3.05, 3.63) is 146 Å². The quantitative estimate of drug-likeness (QED) is 0.207. The second kappa shape index (κ2) is 9.60. The van der Waals surface area contributed by atoms with Gasteiger partial charge in [0.15, 0.2) is 0 Å². The predicted molar refractivity (Wildman–Crippen MR) is 176 cm³/mol. The lowest BCUT2D eigenvalue weighted by Crippen LogP contribution is -1.84. The lowest BCUT2D eigenvalue weighted by atomic mass is 9.94. The van der Waals surface area contributed by atoms with Crippen LogP contribution in [0.3, 0.4) is 0 Å². The lowest BCUT2D eigenvalue weighted by molar-refractivity contribution is 1.62. The first-order valence-electron chi connectivity index (χ1n) is 13.5. The average molecular weight is 545 g/mol. The maximum atomic E-state index is 2.44. The van der Waals surface area contributed by atoms with Crippen molar-refractivity contribution in [3.63, 3.8) is 0 Å². The average Bonchev–Trinajstić information content (AvgIpc) is 3.60. The van der Waals surface area contributed by atoms with Crippen molar-refractivity contribution in [3.8, 4) is 43.1 Å². The molecule has 0 saturated heterocycles. The van der Waals surface area contributed by atoms with E-state index < -0.39 is 0 Å². The van der Waals surface area contributed by atoms with E-state index in [1.54, 1.807) is 0 Å². The van der Waals surface area contributed by atoms with Gasteiger partial charge in [0.25, 0.3) is 0 Å². The molecule has 0 saturated carbocycles. The normalized spacial score (nSPS) is 11.5. The summed E-state index contributed by atoms with van der Waals surface area (Å²) in [6, 6.07) is 53.0. The van der Waals surface area contributed by atoms with Crippen LogP contribution < -0.4 is 0 Å². The zero-order chi connectivity index (χ0) is 26.5. The van der Waals surface area contributed by atoms with E-state index in [-0.39, 0.29) is 0 Å². The molecule has 8 rings (SSSR count). The topological polar surface area (TPSA) is 0 Å². The maximum absolute atomic E-state index is 2.44. The molecule has 0 spiro atoms. The van der Waals surface area contributed by atoms with Crippen LogP contribution in [0.1, 0.15) is 0 Å². The van der Waals surface area contributed by atoms with Crippen LogP contribution in [0, 0.1) is 0 Å². The Labute approximate surface area is 241 Å². The first-order chi connectivity index (χ1) is 19.8. The molecule has 2 heteroatoms. The molecule has 0 radical (unpaired) electrons. The molecule has 0 unspecified atom stereocenters. The van der Waals surface area contributed by atoms with E-state index in [9.17, 15) is 0 Å². The zero-order valence-electron chi connectivity index (χ0n) is 21.7. The second-order valence-electron chi connectivity index (χ2n) is 10.1. The number of rotatable bonds is 4. The molecule has 0 amide bonds. The third-order valence-electron chi connectivity index (χ3n) is 7.70. The maximum Gasteiger partial charge on any atom is 0.0434 e. The summed E-state index contributed by atoms with van der Waals surface area (Å²) in [7, 11) is 0. The molecule has 0 nitrogen and oxygen atoms in total. The monoisotopic (exact) mass is 544 g/mol.